The van der Waals surface area contributed by atoms with E-state index in [0.717, 1.165) is 5.69 Å². The molecule has 1 aromatic rings. The second kappa shape index (κ2) is 5.31. The molecule has 0 aromatic heterocycles. The first-order chi connectivity index (χ1) is 9.72. The van der Waals surface area contributed by atoms with Gasteiger partial charge in [-0.15, -0.1) is 0 Å². The summed E-state index contributed by atoms with van der Waals surface area (Å²) in [6, 6.07) is 6.53. The van der Waals surface area contributed by atoms with Crippen LogP contribution in [-0.2, 0) is 11.3 Å². The van der Waals surface area contributed by atoms with E-state index in [1.807, 2.05) is 0 Å². The lowest BCUT2D eigenvalue weighted by molar-refractivity contribution is 0.564. The SMILES string of the molecule is NS(=O)Oc1ccc(NC2=NC=NC3=NC=NC32)cc1. The molecule has 9 heteroatoms. The molecule has 0 spiro atoms. The molecule has 20 heavy (non-hydrogen) atoms. The van der Waals surface area contributed by atoms with Crippen LogP contribution in [0.15, 0.2) is 44.2 Å². The molecule has 0 amide bonds. The highest BCUT2D eigenvalue weighted by molar-refractivity contribution is 7.78. The van der Waals surface area contributed by atoms with Gasteiger partial charge < -0.3 is 9.50 Å². The van der Waals surface area contributed by atoms with Crippen molar-refractivity contribution >= 4 is 41.3 Å². The molecule has 3 rings (SSSR count). The predicted molar refractivity (Wildman–Crippen MR) is 78.7 cm³/mol. The molecule has 0 saturated carbocycles. The number of aliphatic imine (C=N–C) groups is 4. The summed E-state index contributed by atoms with van der Waals surface area (Å²) in [7, 11) is 0. The van der Waals surface area contributed by atoms with Crippen LogP contribution in [0.1, 0.15) is 0 Å². The van der Waals surface area contributed by atoms with Crippen molar-refractivity contribution in [3.63, 3.8) is 0 Å². The van der Waals surface area contributed by atoms with Gasteiger partial charge in [0.25, 0.3) is 11.3 Å². The Morgan fingerprint density at radius 2 is 2.00 bits per heavy atom. The summed E-state index contributed by atoms with van der Waals surface area (Å²) < 4.78 is 15.6. The van der Waals surface area contributed by atoms with Crippen LogP contribution in [0.3, 0.4) is 0 Å². The molecule has 2 heterocycles. The molecule has 2 atom stereocenters. The van der Waals surface area contributed by atoms with Crippen LogP contribution in [0.25, 0.3) is 0 Å². The predicted octanol–water partition coefficient (Wildman–Crippen LogP) is 0.264. The van der Waals surface area contributed by atoms with Crippen molar-refractivity contribution in [1.29, 1.82) is 0 Å². The zero-order chi connectivity index (χ0) is 13.9. The number of benzene rings is 1. The minimum Gasteiger partial charge on any atom is -0.389 e. The van der Waals surface area contributed by atoms with Gasteiger partial charge in [-0.3, -0.25) is 4.99 Å². The van der Waals surface area contributed by atoms with Crippen molar-refractivity contribution in [2.45, 2.75) is 6.04 Å². The van der Waals surface area contributed by atoms with Crippen LogP contribution >= 0.6 is 0 Å². The average molecular weight is 290 g/mol. The topological polar surface area (TPSA) is 114 Å². The number of hydrogen-bond donors (Lipinski definition) is 2. The first-order valence-corrected chi connectivity index (χ1v) is 6.77. The van der Waals surface area contributed by atoms with Gasteiger partial charge in [-0.2, -0.15) is 4.21 Å². The molecule has 0 radical (unpaired) electrons. The second-order valence-electron chi connectivity index (χ2n) is 3.91. The fourth-order valence-corrected chi connectivity index (χ4v) is 2.05. The van der Waals surface area contributed by atoms with Gasteiger partial charge in [0, 0.05) is 5.69 Å². The summed E-state index contributed by atoms with van der Waals surface area (Å²) >= 11 is -1.83. The molecule has 0 aliphatic carbocycles. The van der Waals surface area contributed by atoms with Crippen molar-refractivity contribution < 1.29 is 8.39 Å². The molecule has 0 saturated heterocycles. The largest absolute Gasteiger partial charge is 0.389 e. The molecule has 0 bridgehead atoms. The molecule has 2 aliphatic rings. The standard InChI is InChI=1S/C11H10N6O2S/c12-20(18)19-8-3-1-7(2-4-8)17-11-9-10(14-5-13-9)15-6-16-11/h1-6,9H,12H2,(H,13,14,15,16,17). The van der Waals surface area contributed by atoms with E-state index in [1.54, 1.807) is 24.3 Å². The number of rotatable bonds is 3. The second-order valence-corrected chi connectivity index (χ2v) is 4.59. The molecular formula is C11H10N6O2S. The number of amidine groups is 2. The van der Waals surface area contributed by atoms with Crippen LogP contribution in [-0.4, -0.2) is 34.6 Å². The van der Waals surface area contributed by atoms with Gasteiger partial charge in [0.2, 0.25) is 0 Å². The summed E-state index contributed by atoms with van der Waals surface area (Å²) in [4.78, 5) is 16.4. The molecule has 1 aromatic carbocycles. The molecule has 3 N–H and O–H groups in total. The number of anilines is 1. The molecule has 2 unspecified atom stereocenters. The van der Waals surface area contributed by atoms with E-state index in [2.05, 4.69) is 25.3 Å². The monoisotopic (exact) mass is 290 g/mol. The van der Waals surface area contributed by atoms with E-state index in [9.17, 15) is 4.21 Å². The average Bonchev–Trinajstić information content (AvgIpc) is 2.90. The van der Waals surface area contributed by atoms with Crippen molar-refractivity contribution in [3.8, 4) is 5.75 Å². The normalized spacial score (nSPS) is 20.9. The third-order valence-electron chi connectivity index (χ3n) is 2.60. The third-order valence-corrected chi connectivity index (χ3v) is 2.96. The van der Waals surface area contributed by atoms with E-state index in [-0.39, 0.29) is 6.04 Å². The summed E-state index contributed by atoms with van der Waals surface area (Å²) in [5, 5.41) is 8.18. The smallest absolute Gasteiger partial charge is 0.285 e. The van der Waals surface area contributed by atoms with Crippen LogP contribution < -0.4 is 14.6 Å². The maximum Gasteiger partial charge on any atom is 0.285 e. The quantitative estimate of drug-likeness (QED) is 0.832. The Labute approximate surface area is 117 Å². The van der Waals surface area contributed by atoms with E-state index in [1.165, 1.54) is 12.7 Å². The van der Waals surface area contributed by atoms with Crippen LogP contribution in [0.4, 0.5) is 5.69 Å². The molecule has 102 valence electrons. The lowest BCUT2D eigenvalue weighted by Gasteiger charge is -2.16. The number of nitrogens with one attached hydrogen (secondary N) is 1. The minimum absolute atomic E-state index is 0.285. The number of fused-ring (bicyclic) bond motifs is 1. The van der Waals surface area contributed by atoms with E-state index in [0.29, 0.717) is 17.4 Å². The fourth-order valence-electron chi connectivity index (χ4n) is 1.75. The maximum atomic E-state index is 10.7. The van der Waals surface area contributed by atoms with Crippen LogP contribution in [0, 0.1) is 0 Å². The molecular weight excluding hydrogens is 280 g/mol. The summed E-state index contributed by atoms with van der Waals surface area (Å²) in [6.07, 6.45) is 2.90. The zero-order valence-corrected chi connectivity index (χ0v) is 10.9. The highest BCUT2D eigenvalue weighted by Gasteiger charge is 2.26. The Hall–Kier alpha value is -2.39. The first kappa shape index (κ1) is 12.6. The Kier molecular flexibility index (Phi) is 3.35. The Balaban J connectivity index is 1.73. The molecule has 8 nitrogen and oxygen atoms in total. The van der Waals surface area contributed by atoms with Gasteiger partial charge in [0.15, 0.2) is 11.9 Å². The molecule has 0 fully saturated rings. The zero-order valence-electron chi connectivity index (χ0n) is 10.1. The lowest BCUT2D eigenvalue weighted by Crippen LogP contribution is -2.33. The summed E-state index contributed by atoms with van der Waals surface area (Å²) in [6.45, 7) is 0. The Morgan fingerprint density at radius 3 is 2.75 bits per heavy atom. The van der Waals surface area contributed by atoms with Crippen molar-refractivity contribution in [3.05, 3.63) is 24.3 Å². The van der Waals surface area contributed by atoms with Gasteiger partial charge in [-0.25, -0.2) is 20.1 Å². The van der Waals surface area contributed by atoms with Gasteiger partial charge >= 0.3 is 0 Å². The van der Waals surface area contributed by atoms with Crippen LogP contribution in [0.2, 0.25) is 0 Å². The van der Waals surface area contributed by atoms with Gasteiger partial charge in [-0.05, 0) is 24.3 Å². The number of nitrogens with two attached hydrogens (primary N) is 1. The number of hydrogen-bond acceptors (Lipinski definition) is 7. The summed E-state index contributed by atoms with van der Waals surface area (Å²) in [5.41, 5.74) is 0.788. The first-order valence-electron chi connectivity index (χ1n) is 5.63. The van der Waals surface area contributed by atoms with Gasteiger partial charge in [0.05, 0.1) is 0 Å². The van der Waals surface area contributed by atoms with Crippen LogP contribution in [0.5, 0.6) is 5.75 Å². The van der Waals surface area contributed by atoms with Gasteiger partial charge in [-0.1, -0.05) is 0 Å². The number of nitrogens with zero attached hydrogens (tertiary/aromatic N) is 4. The maximum absolute atomic E-state index is 10.7. The van der Waals surface area contributed by atoms with E-state index >= 15 is 0 Å². The van der Waals surface area contributed by atoms with Crippen molar-refractivity contribution in [2.24, 2.45) is 25.1 Å². The minimum atomic E-state index is -1.83. The summed E-state index contributed by atoms with van der Waals surface area (Å²) in [5.74, 6) is 1.68. The third kappa shape index (κ3) is 2.63. The highest BCUT2D eigenvalue weighted by Crippen LogP contribution is 2.18. The van der Waals surface area contributed by atoms with Crippen molar-refractivity contribution in [1.82, 2.24) is 0 Å². The van der Waals surface area contributed by atoms with E-state index in [4.69, 9.17) is 9.32 Å². The lowest BCUT2D eigenvalue weighted by atomic mass is 10.2. The molecule has 2 aliphatic heterocycles. The fraction of sp³-hybridized carbons (Fsp3) is 0.0909. The highest BCUT2D eigenvalue weighted by atomic mass is 32.2. The van der Waals surface area contributed by atoms with E-state index < -0.39 is 11.3 Å². The Morgan fingerprint density at radius 1 is 1.20 bits per heavy atom. The van der Waals surface area contributed by atoms with Crippen molar-refractivity contribution in [2.75, 3.05) is 5.32 Å². The Bertz CT molecular complexity index is 664. The van der Waals surface area contributed by atoms with Gasteiger partial charge in [0.1, 0.15) is 24.3 Å².